The molecule has 0 spiro atoms. The summed E-state index contributed by atoms with van der Waals surface area (Å²) < 4.78 is 6.82. The van der Waals surface area contributed by atoms with Gasteiger partial charge in [0.15, 0.2) is 0 Å². The van der Waals surface area contributed by atoms with E-state index in [1.54, 1.807) is 0 Å². The molecule has 1 nitrogen and oxygen atoms in total. The lowest BCUT2D eigenvalue weighted by atomic mass is 9.46. The van der Waals surface area contributed by atoms with Gasteiger partial charge in [0, 0.05) is 0 Å². The molecule has 10 atom stereocenters. The molecule has 4 aliphatic carbocycles. The van der Waals surface area contributed by atoms with Crippen LogP contribution in [0.2, 0.25) is 0 Å². The minimum Gasteiger partial charge on any atom is -0.374 e. The predicted molar refractivity (Wildman–Crippen MR) is 122 cm³/mol. The van der Waals surface area contributed by atoms with Crippen molar-refractivity contribution in [2.75, 3.05) is 0 Å². The first-order valence-corrected chi connectivity index (χ1v) is 13.1. The van der Waals surface area contributed by atoms with Crippen molar-refractivity contribution < 1.29 is 4.74 Å². The summed E-state index contributed by atoms with van der Waals surface area (Å²) in [6.07, 6.45) is 16.4. The molecule has 1 saturated heterocycles. The maximum atomic E-state index is 6.82. The van der Waals surface area contributed by atoms with Gasteiger partial charge >= 0.3 is 0 Å². The van der Waals surface area contributed by atoms with Crippen LogP contribution in [0.4, 0.5) is 0 Å². The average Bonchev–Trinajstić information content (AvgIpc) is 3.14. The Balaban J connectivity index is 1.37. The van der Waals surface area contributed by atoms with Crippen LogP contribution >= 0.6 is 0 Å². The van der Waals surface area contributed by atoms with Gasteiger partial charge in [0.25, 0.3) is 0 Å². The number of hydrogen-bond donors (Lipinski definition) is 0. The van der Waals surface area contributed by atoms with Gasteiger partial charge in [0.1, 0.15) is 0 Å². The number of hydrogen-bond acceptors (Lipinski definition) is 1. The number of ether oxygens (including phenoxy) is 1. The average molecular weight is 399 g/mol. The molecule has 29 heavy (non-hydrogen) atoms. The van der Waals surface area contributed by atoms with Crippen molar-refractivity contribution in [1.82, 2.24) is 0 Å². The molecule has 0 amide bonds. The van der Waals surface area contributed by atoms with Gasteiger partial charge in [-0.1, -0.05) is 53.2 Å². The van der Waals surface area contributed by atoms with Crippen LogP contribution in [0.15, 0.2) is 11.6 Å². The maximum Gasteiger partial charge on any atom is 0.0618 e. The third-order valence-electron chi connectivity index (χ3n) is 11.0. The highest BCUT2D eigenvalue weighted by atomic mass is 16.5. The van der Waals surface area contributed by atoms with E-state index < -0.39 is 0 Å². The van der Waals surface area contributed by atoms with Crippen molar-refractivity contribution in [1.29, 1.82) is 0 Å². The zero-order chi connectivity index (χ0) is 20.6. The molecular formula is C28H46O. The van der Waals surface area contributed by atoms with E-state index in [0.717, 1.165) is 41.4 Å². The van der Waals surface area contributed by atoms with Gasteiger partial charge in [0.05, 0.1) is 12.2 Å². The van der Waals surface area contributed by atoms with E-state index in [1.807, 2.05) is 5.57 Å². The summed E-state index contributed by atoms with van der Waals surface area (Å²) >= 11 is 0. The fourth-order valence-electron chi connectivity index (χ4n) is 9.36. The first-order chi connectivity index (χ1) is 13.7. The fraction of sp³-hybridized carbons (Fsp3) is 0.929. The zero-order valence-corrected chi connectivity index (χ0v) is 20.0. The van der Waals surface area contributed by atoms with Gasteiger partial charge in [-0.05, 0) is 110 Å². The predicted octanol–water partition coefficient (Wildman–Crippen LogP) is 7.65. The van der Waals surface area contributed by atoms with Gasteiger partial charge in [-0.25, -0.2) is 0 Å². The highest BCUT2D eigenvalue weighted by Gasteiger charge is 2.64. The van der Waals surface area contributed by atoms with Crippen LogP contribution in [-0.2, 0) is 4.74 Å². The lowest BCUT2D eigenvalue weighted by Crippen LogP contribution is -2.50. The molecule has 4 fully saturated rings. The highest BCUT2D eigenvalue weighted by Crippen LogP contribution is 2.69. The van der Waals surface area contributed by atoms with Crippen molar-refractivity contribution in [3.8, 4) is 0 Å². The number of fused-ring (bicyclic) bond motifs is 7. The summed E-state index contributed by atoms with van der Waals surface area (Å²) in [6.45, 7) is 15.1. The van der Waals surface area contributed by atoms with E-state index in [9.17, 15) is 0 Å². The molecule has 1 aliphatic heterocycles. The van der Waals surface area contributed by atoms with Gasteiger partial charge in [-0.15, -0.1) is 0 Å². The van der Waals surface area contributed by atoms with E-state index in [2.05, 4.69) is 47.6 Å². The number of rotatable bonds is 3. The molecule has 0 aromatic heterocycles. The molecule has 5 aliphatic rings. The molecule has 0 aromatic carbocycles. The molecule has 0 unspecified atom stereocenters. The van der Waals surface area contributed by atoms with Crippen LogP contribution in [0.3, 0.4) is 0 Å². The molecule has 1 heterocycles. The fourth-order valence-corrected chi connectivity index (χ4v) is 9.36. The number of allylic oxidation sites excluding steroid dienone is 2. The molecule has 5 rings (SSSR count). The molecule has 3 saturated carbocycles. The second-order valence-electron chi connectivity index (χ2n) is 13.0. The zero-order valence-electron chi connectivity index (χ0n) is 20.0. The van der Waals surface area contributed by atoms with Gasteiger partial charge < -0.3 is 4.74 Å². The van der Waals surface area contributed by atoms with Crippen molar-refractivity contribution in [2.24, 2.45) is 52.3 Å². The van der Waals surface area contributed by atoms with E-state index in [1.165, 1.54) is 57.8 Å². The Morgan fingerprint density at radius 2 is 1.90 bits per heavy atom. The summed E-state index contributed by atoms with van der Waals surface area (Å²) in [4.78, 5) is 0. The first kappa shape index (κ1) is 20.6. The molecule has 0 aromatic rings. The lowest BCUT2D eigenvalue weighted by molar-refractivity contribution is -0.0542. The van der Waals surface area contributed by atoms with Crippen LogP contribution < -0.4 is 0 Å². The maximum absolute atomic E-state index is 6.82. The molecular weight excluding hydrogens is 352 g/mol. The van der Waals surface area contributed by atoms with Crippen molar-refractivity contribution in [2.45, 2.75) is 112 Å². The van der Waals surface area contributed by atoms with E-state index in [4.69, 9.17) is 4.74 Å². The minimum atomic E-state index is 0.515. The Hall–Kier alpha value is -0.300. The third-order valence-corrected chi connectivity index (χ3v) is 11.0. The Morgan fingerprint density at radius 3 is 2.66 bits per heavy atom. The SMILES string of the molecule is CC(C)CC[C@H]1O[C@H]2C[C@H]3[C@@H]4CC=C5C[C@@H](C)CC[C@]5(C)[C@H]4CC[C@]3(C)[C@H]2[C@@H]1C. The Bertz CT molecular complexity index is 663. The Labute approximate surface area is 180 Å². The van der Waals surface area contributed by atoms with E-state index in [-0.39, 0.29) is 0 Å². The summed E-state index contributed by atoms with van der Waals surface area (Å²) in [5, 5.41) is 0. The highest BCUT2D eigenvalue weighted by molar-refractivity contribution is 5.25. The van der Waals surface area contributed by atoms with Crippen LogP contribution in [0.25, 0.3) is 0 Å². The summed E-state index contributed by atoms with van der Waals surface area (Å²) in [5.74, 6) is 6.04. The molecule has 0 radical (unpaired) electrons. The molecule has 164 valence electrons. The third kappa shape index (κ3) is 3.03. The quantitative estimate of drug-likeness (QED) is 0.443. The summed E-state index contributed by atoms with van der Waals surface area (Å²) in [7, 11) is 0. The summed E-state index contributed by atoms with van der Waals surface area (Å²) in [5.41, 5.74) is 2.89. The molecule has 1 heteroatoms. The second kappa shape index (κ2) is 7.11. The van der Waals surface area contributed by atoms with Gasteiger partial charge in [-0.3, -0.25) is 0 Å². The molecule has 0 bridgehead atoms. The largest absolute Gasteiger partial charge is 0.374 e. The van der Waals surface area contributed by atoms with Crippen molar-refractivity contribution in [3.05, 3.63) is 11.6 Å². The van der Waals surface area contributed by atoms with Crippen LogP contribution in [0.5, 0.6) is 0 Å². The topological polar surface area (TPSA) is 9.23 Å². The first-order valence-electron chi connectivity index (χ1n) is 13.1. The second-order valence-corrected chi connectivity index (χ2v) is 13.0. The van der Waals surface area contributed by atoms with Crippen LogP contribution in [0, 0.1) is 52.3 Å². The van der Waals surface area contributed by atoms with E-state index in [0.29, 0.717) is 23.0 Å². The van der Waals surface area contributed by atoms with Gasteiger partial charge in [-0.2, -0.15) is 0 Å². The van der Waals surface area contributed by atoms with E-state index >= 15 is 0 Å². The Morgan fingerprint density at radius 1 is 1.10 bits per heavy atom. The lowest BCUT2D eigenvalue weighted by Gasteiger charge is -2.58. The smallest absolute Gasteiger partial charge is 0.0618 e. The van der Waals surface area contributed by atoms with Crippen molar-refractivity contribution >= 4 is 0 Å². The standard InChI is InChI=1S/C28H46O/c1-17(2)7-10-24-19(4)26-25(29-24)16-23-21-9-8-20-15-18(3)11-13-27(20,5)22(21)12-14-28(23,26)6/h8,17-19,21-26H,7,9-16H2,1-6H3/t18-,19+,21+,22-,23-,24+,25-,26-,27-,28-/m0/s1. The van der Waals surface area contributed by atoms with Crippen LogP contribution in [-0.4, -0.2) is 12.2 Å². The summed E-state index contributed by atoms with van der Waals surface area (Å²) in [6, 6.07) is 0. The van der Waals surface area contributed by atoms with Crippen LogP contribution in [0.1, 0.15) is 99.3 Å². The van der Waals surface area contributed by atoms with Gasteiger partial charge in [0.2, 0.25) is 0 Å². The normalized spacial score (nSPS) is 53.8. The minimum absolute atomic E-state index is 0.515. The molecule has 0 N–H and O–H groups in total. The monoisotopic (exact) mass is 398 g/mol. The van der Waals surface area contributed by atoms with Crippen molar-refractivity contribution in [3.63, 3.8) is 0 Å². The Kier molecular flexibility index (Phi) is 5.05.